The molecule has 0 unspecified atom stereocenters. The molecule has 1 aromatic heterocycles. The molecule has 0 atom stereocenters. The van der Waals surface area contributed by atoms with Crippen LogP contribution in [-0.2, 0) is 0 Å². The summed E-state index contributed by atoms with van der Waals surface area (Å²) in [6.45, 7) is 1.83. The summed E-state index contributed by atoms with van der Waals surface area (Å²) < 4.78 is 19.1. The van der Waals surface area contributed by atoms with Crippen LogP contribution >= 0.6 is 0 Å². The Morgan fingerprint density at radius 2 is 1.95 bits per heavy atom. The molecule has 3 aromatic rings. The minimum absolute atomic E-state index is 0.0821. The molecule has 0 saturated carbocycles. The Bertz CT molecular complexity index is 836. The summed E-state index contributed by atoms with van der Waals surface area (Å²) in [5.74, 6) is -0.195. The Morgan fingerprint density at radius 3 is 2.71 bits per heavy atom. The van der Waals surface area contributed by atoms with Gasteiger partial charge in [0, 0.05) is 22.7 Å². The highest BCUT2D eigenvalue weighted by molar-refractivity contribution is 6.16. The number of ether oxygens (including phenoxy) is 1. The van der Waals surface area contributed by atoms with Gasteiger partial charge in [0.2, 0.25) is 0 Å². The summed E-state index contributed by atoms with van der Waals surface area (Å²) in [5.41, 5.74) is 2.18. The summed E-state index contributed by atoms with van der Waals surface area (Å²) in [6.07, 6.45) is 1.61. The van der Waals surface area contributed by atoms with Gasteiger partial charge in [-0.1, -0.05) is 11.6 Å². The van der Waals surface area contributed by atoms with Crippen LogP contribution in [0.3, 0.4) is 0 Å². The van der Waals surface area contributed by atoms with Crippen LogP contribution in [-0.4, -0.2) is 17.9 Å². The zero-order valence-corrected chi connectivity index (χ0v) is 11.7. The Balaban J connectivity index is 2.15. The quantitative estimate of drug-likeness (QED) is 0.742. The maximum absolute atomic E-state index is 13.9. The molecule has 0 aliphatic rings. The van der Waals surface area contributed by atoms with E-state index in [0.29, 0.717) is 11.3 Å². The normalized spacial score (nSPS) is 10.8. The van der Waals surface area contributed by atoms with Crippen molar-refractivity contribution in [3.05, 3.63) is 65.1 Å². The molecule has 0 fully saturated rings. The van der Waals surface area contributed by atoms with Crippen molar-refractivity contribution in [2.75, 3.05) is 7.11 Å². The third-order valence-corrected chi connectivity index (χ3v) is 3.50. The van der Waals surface area contributed by atoms with Gasteiger partial charge in [-0.2, -0.15) is 0 Å². The number of aromatic amines is 1. The van der Waals surface area contributed by atoms with Crippen LogP contribution in [0.15, 0.2) is 42.6 Å². The second kappa shape index (κ2) is 5.05. The van der Waals surface area contributed by atoms with Crippen molar-refractivity contribution in [2.45, 2.75) is 6.92 Å². The number of fused-ring (bicyclic) bond motifs is 1. The third kappa shape index (κ3) is 2.29. The van der Waals surface area contributed by atoms with Gasteiger partial charge >= 0.3 is 0 Å². The van der Waals surface area contributed by atoms with E-state index in [1.54, 1.807) is 37.6 Å². The number of carbonyl (C=O) groups is 1. The predicted octanol–water partition coefficient (Wildman–Crippen LogP) is 3.86. The van der Waals surface area contributed by atoms with E-state index in [0.717, 1.165) is 16.5 Å². The predicted molar refractivity (Wildman–Crippen MR) is 79.4 cm³/mol. The van der Waals surface area contributed by atoms with Gasteiger partial charge in [0.15, 0.2) is 5.78 Å². The maximum atomic E-state index is 13.9. The van der Waals surface area contributed by atoms with Gasteiger partial charge in [-0.25, -0.2) is 4.39 Å². The molecule has 2 aromatic carbocycles. The second-order valence-corrected chi connectivity index (χ2v) is 4.93. The zero-order chi connectivity index (χ0) is 15.0. The van der Waals surface area contributed by atoms with Crippen molar-refractivity contribution in [1.82, 2.24) is 4.98 Å². The molecule has 0 amide bonds. The van der Waals surface area contributed by atoms with Crippen LogP contribution in [0.2, 0.25) is 0 Å². The number of aromatic nitrogens is 1. The van der Waals surface area contributed by atoms with E-state index in [1.165, 1.54) is 6.07 Å². The highest BCUT2D eigenvalue weighted by atomic mass is 19.1. The largest absolute Gasteiger partial charge is 0.497 e. The number of ketones is 1. The lowest BCUT2D eigenvalue weighted by Gasteiger charge is -2.04. The molecule has 3 rings (SSSR count). The number of benzene rings is 2. The van der Waals surface area contributed by atoms with Crippen LogP contribution in [0.4, 0.5) is 4.39 Å². The van der Waals surface area contributed by atoms with E-state index >= 15 is 0 Å². The standard InChI is InChI=1S/C17H14FNO2/c1-10-3-5-15(18)13(7-10)17(20)14-9-19-16-6-4-11(21-2)8-12(14)16/h3-9,19H,1-2H3. The minimum Gasteiger partial charge on any atom is -0.497 e. The van der Waals surface area contributed by atoms with Crippen molar-refractivity contribution in [2.24, 2.45) is 0 Å². The molecule has 4 heteroatoms. The molecule has 0 radical (unpaired) electrons. The lowest BCUT2D eigenvalue weighted by Crippen LogP contribution is -2.04. The fourth-order valence-corrected chi connectivity index (χ4v) is 2.37. The number of aryl methyl sites for hydroxylation is 1. The molecule has 106 valence electrons. The van der Waals surface area contributed by atoms with Crippen LogP contribution in [0.1, 0.15) is 21.5 Å². The molecule has 0 aliphatic heterocycles. The van der Waals surface area contributed by atoms with Crippen LogP contribution in [0, 0.1) is 12.7 Å². The first-order chi connectivity index (χ1) is 10.1. The van der Waals surface area contributed by atoms with Gasteiger partial charge in [-0.3, -0.25) is 4.79 Å². The molecule has 1 N–H and O–H groups in total. The fourth-order valence-electron chi connectivity index (χ4n) is 2.37. The number of hydrogen-bond acceptors (Lipinski definition) is 2. The number of hydrogen-bond donors (Lipinski definition) is 1. The Labute approximate surface area is 121 Å². The number of halogens is 1. The van der Waals surface area contributed by atoms with Crippen LogP contribution in [0.25, 0.3) is 10.9 Å². The van der Waals surface area contributed by atoms with E-state index < -0.39 is 5.82 Å². The zero-order valence-electron chi connectivity index (χ0n) is 11.7. The molecule has 3 nitrogen and oxygen atoms in total. The number of nitrogens with one attached hydrogen (secondary N) is 1. The first-order valence-electron chi connectivity index (χ1n) is 6.56. The Hall–Kier alpha value is -2.62. The highest BCUT2D eigenvalue weighted by Gasteiger charge is 2.18. The Morgan fingerprint density at radius 1 is 1.14 bits per heavy atom. The van der Waals surface area contributed by atoms with Gasteiger partial charge in [-0.15, -0.1) is 0 Å². The van der Waals surface area contributed by atoms with Gasteiger partial charge in [0.25, 0.3) is 0 Å². The summed E-state index contributed by atoms with van der Waals surface area (Å²) in [6, 6.07) is 9.93. The van der Waals surface area contributed by atoms with Crippen molar-refractivity contribution in [3.8, 4) is 5.75 Å². The maximum Gasteiger partial charge on any atom is 0.198 e. The van der Waals surface area contributed by atoms with Crippen molar-refractivity contribution < 1.29 is 13.9 Å². The molecular weight excluding hydrogens is 269 g/mol. The fraction of sp³-hybridized carbons (Fsp3) is 0.118. The molecule has 21 heavy (non-hydrogen) atoms. The summed E-state index contributed by atoms with van der Waals surface area (Å²) >= 11 is 0. The van der Waals surface area contributed by atoms with Crippen LogP contribution in [0.5, 0.6) is 5.75 Å². The summed E-state index contributed by atoms with van der Waals surface area (Å²) in [4.78, 5) is 15.6. The lowest BCUT2D eigenvalue weighted by molar-refractivity contribution is 0.103. The van der Waals surface area contributed by atoms with E-state index in [2.05, 4.69) is 4.98 Å². The van der Waals surface area contributed by atoms with E-state index in [9.17, 15) is 9.18 Å². The second-order valence-electron chi connectivity index (χ2n) is 4.93. The minimum atomic E-state index is -0.511. The topological polar surface area (TPSA) is 42.1 Å². The molecule has 0 spiro atoms. The molecule has 0 bridgehead atoms. The highest BCUT2D eigenvalue weighted by Crippen LogP contribution is 2.26. The Kier molecular flexibility index (Phi) is 3.22. The lowest BCUT2D eigenvalue weighted by atomic mass is 10.0. The van der Waals surface area contributed by atoms with E-state index in [4.69, 9.17) is 4.74 Å². The smallest absolute Gasteiger partial charge is 0.198 e. The van der Waals surface area contributed by atoms with Crippen molar-refractivity contribution >= 4 is 16.7 Å². The SMILES string of the molecule is COc1ccc2[nH]cc(C(=O)c3cc(C)ccc3F)c2c1. The summed E-state index contributed by atoms with van der Waals surface area (Å²) in [7, 11) is 1.57. The van der Waals surface area contributed by atoms with Gasteiger partial charge in [0.1, 0.15) is 11.6 Å². The molecular formula is C17H14FNO2. The monoisotopic (exact) mass is 283 g/mol. The number of methoxy groups -OCH3 is 1. The number of H-pyrrole nitrogens is 1. The molecule has 0 aliphatic carbocycles. The van der Waals surface area contributed by atoms with Gasteiger partial charge in [-0.05, 0) is 37.3 Å². The van der Waals surface area contributed by atoms with E-state index in [1.807, 2.05) is 13.0 Å². The van der Waals surface area contributed by atoms with Crippen molar-refractivity contribution in [3.63, 3.8) is 0 Å². The van der Waals surface area contributed by atoms with Crippen molar-refractivity contribution in [1.29, 1.82) is 0 Å². The number of carbonyl (C=O) groups excluding carboxylic acids is 1. The average molecular weight is 283 g/mol. The first-order valence-corrected chi connectivity index (χ1v) is 6.56. The third-order valence-electron chi connectivity index (χ3n) is 3.50. The number of rotatable bonds is 3. The molecule has 0 saturated heterocycles. The molecule has 1 heterocycles. The van der Waals surface area contributed by atoms with Gasteiger partial charge < -0.3 is 9.72 Å². The van der Waals surface area contributed by atoms with Crippen LogP contribution < -0.4 is 4.74 Å². The van der Waals surface area contributed by atoms with E-state index in [-0.39, 0.29) is 11.3 Å². The average Bonchev–Trinajstić information content (AvgIpc) is 2.91. The first kappa shape index (κ1) is 13.4. The summed E-state index contributed by atoms with van der Waals surface area (Å²) in [5, 5.41) is 0.722. The van der Waals surface area contributed by atoms with Gasteiger partial charge in [0.05, 0.1) is 12.7 Å².